The summed E-state index contributed by atoms with van der Waals surface area (Å²) < 4.78 is 15.4. The largest absolute Gasteiger partial charge is 0.353 e. The lowest BCUT2D eigenvalue weighted by Crippen LogP contribution is -1.97. The molecule has 1 N–H and O–H groups in total. The Bertz CT molecular complexity index is 1040. The van der Waals surface area contributed by atoms with Crippen molar-refractivity contribution in [3.05, 3.63) is 108 Å². The molecular formula is C25H20FN. The molecule has 0 saturated carbocycles. The summed E-state index contributed by atoms with van der Waals surface area (Å²) in [5.41, 5.74) is 5.99. The zero-order chi connectivity index (χ0) is 18.6. The van der Waals surface area contributed by atoms with Crippen LogP contribution in [0.1, 0.15) is 5.56 Å². The third-order valence-corrected chi connectivity index (χ3v) is 4.60. The van der Waals surface area contributed by atoms with Gasteiger partial charge in [0.05, 0.1) is 5.69 Å². The molecule has 1 nitrogen and oxygen atoms in total. The summed E-state index contributed by atoms with van der Waals surface area (Å²) in [5.74, 6) is -0.249. The molecule has 132 valence electrons. The van der Waals surface area contributed by atoms with E-state index < -0.39 is 0 Å². The van der Waals surface area contributed by atoms with E-state index in [4.69, 9.17) is 0 Å². The number of hydrogen-bond donors (Lipinski definition) is 1. The maximum Gasteiger partial charge on any atom is 0.154 e. The van der Waals surface area contributed by atoms with Gasteiger partial charge < -0.3 is 5.32 Å². The van der Waals surface area contributed by atoms with Crippen LogP contribution in [0.5, 0.6) is 0 Å². The number of halogens is 1. The molecule has 0 fully saturated rings. The SMILES string of the molecule is Cc1ccc(Nc2cc(-c3ccccc3)cc(-c3ccccc3)c2F)cc1. The van der Waals surface area contributed by atoms with E-state index in [1.165, 1.54) is 5.56 Å². The average molecular weight is 353 g/mol. The van der Waals surface area contributed by atoms with E-state index in [0.29, 0.717) is 11.3 Å². The zero-order valence-electron chi connectivity index (χ0n) is 15.1. The summed E-state index contributed by atoms with van der Waals surface area (Å²) in [6.45, 7) is 2.04. The van der Waals surface area contributed by atoms with E-state index in [2.05, 4.69) is 5.32 Å². The molecule has 0 heterocycles. The predicted octanol–water partition coefficient (Wildman–Crippen LogP) is 7.21. The number of nitrogens with one attached hydrogen (secondary N) is 1. The van der Waals surface area contributed by atoms with Crippen molar-refractivity contribution in [2.24, 2.45) is 0 Å². The lowest BCUT2D eigenvalue weighted by molar-refractivity contribution is 0.635. The second-order valence-corrected chi connectivity index (χ2v) is 6.61. The standard InChI is InChI=1S/C25H20FN/c1-18-12-14-22(15-13-18)27-24-17-21(19-8-4-2-5-9-19)16-23(25(24)26)20-10-6-3-7-11-20/h2-17,27H,1H3. The highest BCUT2D eigenvalue weighted by Gasteiger charge is 2.14. The summed E-state index contributed by atoms with van der Waals surface area (Å²) in [6, 6.07) is 31.5. The van der Waals surface area contributed by atoms with Gasteiger partial charge in [-0.1, -0.05) is 78.4 Å². The maximum atomic E-state index is 15.4. The fourth-order valence-electron chi connectivity index (χ4n) is 3.13. The van der Waals surface area contributed by atoms with Crippen molar-refractivity contribution in [1.29, 1.82) is 0 Å². The van der Waals surface area contributed by atoms with Gasteiger partial charge in [0.15, 0.2) is 5.82 Å². The summed E-state index contributed by atoms with van der Waals surface area (Å²) in [6.07, 6.45) is 0. The van der Waals surface area contributed by atoms with Crippen molar-refractivity contribution in [3.8, 4) is 22.3 Å². The van der Waals surface area contributed by atoms with Gasteiger partial charge in [0.2, 0.25) is 0 Å². The smallest absolute Gasteiger partial charge is 0.154 e. The number of anilines is 2. The Morgan fingerprint density at radius 3 is 1.85 bits per heavy atom. The number of hydrogen-bond acceptors (Lipinski definition) is 1. The molecule has 27 heavy (non-hydrogen) atoms. The van der Waals surface area contributed by atoms with E-state index in [-0.39, 0.29) is 5.82 Å². The van der Waals surface area contributed by atoms with Gasteiger partial charge in [-0.05, 0) is 47.9 Å². The minimum absolute atomic E-state index is 0.249. The van der Waals surface area contributed by atoms with Crippen LogP contribution in [0.4, 0.5) is 15.8 Å². The normalized spacial score (nSPS) is 10.6. The van der Waals surface area contributed by atoms with Gasteiger partial charge in [-0.25, -0.2) is 4.39 Å². The zero-order valence-corrected chi connectivity index (χ0v) is 15.1. The molecule has 4 aromatic rings. The van der Waals surface area contributed by atoms with Gasteiger partial charge >= 0.3 is 0 Å². The van der Waals surface area contributed by atoms with Gasteiger partial charge in [-0.15, -0.1) is 0 Å². The molecule has 0 aromatic heterocycles. The molecule has 0 spiro atoms. The Morgan fingerprint density at radius 1 is 0.630 bits per heavy atom. The first-order valence-electron chi connectivity index (χ1n) is 8.99. The average Bonchev–Trinajstić information content (AvgIpc) is 2.72. The third-order valence-electron chi connectivity index (χ3n) is 4.60. The van der Waals surface area contributed by atoms with Crippen LogP contribution in [0.2, 0.25) is 0 Å². The minimum atomic E-state index is -0.249. The van der Waals surface area contributed by atoms with E-state index in [1.54, 1.807) is 0 Å². The van der Waals surface area contributed by atoms with E-state index in [0.717, 1.165) is 22.4 Å². The fourth-order valence-corrected chi connectivity index (χ4v) is 3.13. The second-order valence-electron chi connectivity index (χ2n) is 6.61. The summed E-state index contributed by atoms with van der Waals surface area (Å²) in [5, 5.41) is 3.24. The predicted molar refractivity (Wildman–Crippen MR) is 112 cm³/mol. The quantitative estimate of drug-likeness (QED) is 0.408. The Kier molecular flexibility index (Phi) is 4.71. The highest BCUT2D eigenvalue weighted by atomic mass is 19.1. The molecule has 4 rings (SSSR count). The molecule has 0 aliphatic carbocycles. The monoisotopic (exact) mass is 353 g/mol. The summed E-state index contributed by atoms with van der Waals surface area (Å²) in [7, 11) is 0. The first-order valence-corrected chi connectivity index (χ1v) is 8.99. The Hall–Kier alpha value is -3.39. The van der Waals surface area contributed by atoms with Crippen molar-refractivity contribution in [3.63, 3.8) is 0 Å². The van der Waals surface area contributed by atoms with Gasteiger partial charge in [-0.3, -0.25) is 0 Å². The molecule has 0 atom stereocenters. The Balaban J connectivity index is 1.85. The molecule has 4 aromatic carbocycles. The van der Waals surface area contributed by atoms with E-state index in [1.807, 2.05) is 104 Å². The number of rotatable bonds is 4. The summed E-state index contributed by atoms with van der Waals surface area (Å²) in [4.78, 5) is 0. The van der Waals surface area contributed by atoms with E-state index in [9.17, 15) is 0 Å². The fraction of sp³-hybridized carbons (Fsp3) is 0.0400. The van der Waals surface area contributed by atoms with Crippen LogP contribution >= 0.6 is 0 Å². The molecule has 0 aliphatic heterocycles. The van der Waals surface area contributed by atoms with Gasteiger partial charge in [0, 0.05) is 11.3 Å². The number of aryl methyl sites for hydroxylation is 1. The highest BCUT2D eigenvalue weighted by molar-refractivity contribution is 5.80. The molecule has 0 unspecified atom stereocenters. The minimum Gasteiger partial charge on any atom is -0.353 e. The lowest BCUT2D eigenvalue weighted by atomic mass is 9.97. The molecular weight excluding hydrogens is 333 g/mol. The van der Waals surface area contributed by atoms with Crippen LogP contribution in [-0.2, 0) is 0 Å². The van der Waals surface area contributed by atoms with Crippen molar-refractivity contribution in [2.45, 2.75) is 6.92 Å². The molecule has 0 radical (unpaired) electrons. The van der Waals surface area contributed by atoms with Crippen molar-refractivity contribution >= 4 is 11.4 Å². The van der Waals surface area contributed by atoms with Crippen LogP contribution in [0, 0.1) is 12.7 Å². The van der Waals surface area contributed by atoms with Gasteiger partial charge in [-0.2, -0.15) is 0 Å². The molecule has 2 heteroatoms. The maximum absolute atomic E-state index is 15.4. The molecule has 0 saturated heterocycles. The second kappa shape index (κ2) is 7.46. The first-order chi connectivity index (χ1) is 13.2. The Morgan fingerprint density at radius 2 is 1.22 bits per heavy atom. The number of benzene rings is 4. The van der Waals surface area contributed by atoms with Crippen LogP contribution in [0.3, 0.4) is 0 Å². The van der Waals surface area contributed by atoms with E-state index >= 15 is 4.39 Å². The van der Waals surface area contributed by atoms with Gasteiger partial charge in [0.1, 0.15) is 0 Å². The van der Waals surface area contributed by atoms with Crippen molar-refractivity contribution in [2.75, 3.05) is 5.32 Å². The Labute approximate surface area is 159 Å². The molecule has 0 aliphatic rings. The van der Waals surface area contributed by atoms with Crippen molar-refractivity contribution in [1.82, 2.24) is 0 Å². The first kappa shape index (κ1) is 17.0. The summed E-state index contributed by atoms with van der Waals surface area (Å²) >= 11 is 0. The van der Waals surface area contributed by atoms with Crippen LogP contribution in [-0.4, -0.2) is 0 Å². The van der Waals surface area contributed by atoms with Gasteiger partial charge in [0.25, 0.3) is 0 Å². The van der Waals surface area contributed by atoms with Crippen LogP contribution in [0.15, 0.2) is 97.1 Å². The highest BCUT2D eigenvalue weighted by Crippen LogP contribution is 2.35. The van der Waals surface area contributed by atoms with Crippen LogP contribution < -0.4 is 5.32 Å². The topological polar surface area (TPSA) is 12.0 Å². The molecule has 0 bridgehead atoms. The third kappa shape index (κ3) is 3.75. The lowest BCUT2D eigenvalue weighted by Gasteiger charge is -2.15. The van der Waals surface area contributed by atoms with Crippen molar-refractivity contribution < 1.29 is 4.39 Å². The molecule has 0 amide bonds. The van der Waals surface area contributed by atoms with Crippen LogP contribution in [0.25, 0.3) is 22.3 Å².